The summed E-state index contributed by atoms with van der Waals surface area (Å²) in [6.07, 6.45) is -14.8. The molecule has 0 saturated carbocycles. The molecular formula is C22H28N2O18P2. The van der Waals surface area contributed by atoms with Gasteiger partial charge in [0, 0.05) is 17.8 Å². The van der Waals surface area contributed by atoms with E-state index in [4.69, 9.17) is 14.2 Å². The highest BCUT2D eigenvalue weighted by atomic mass is 31.3. The first-order chi connectivity index (χ1) is 20.6. The van der Waals surface area contributed by atoms with Crippen LogP contribution < -0.4 is 16.0 Å². The molecule has 2 fully saturated rings. The Labute approximate surface area is 245 Å². The quantitative estimate of drug-likeness (QED) is 0.0830. The van der Waals surface area contributed by atoms with Gasteiger partial charge < -0.3 is 49.5 Å². The van der Waals surface area contributed by atoms with Crippen molar-refractivity contribution in [1.29, 1.82) is 0 Å². The molecule has 244 valence electrons. The van der Waals surface area contributed by atoms with Gasteiger partial charge in [-0.15, -0.1) is 0 Å². The summed E-state index contributed by atoms with van der Waals surface area (Å²) in [5.74, 6) is 0.208. The molecule has 3 unspecified atom stereocenters. The molecule has 44 heavy (non-hydrogen) atoms. The lowest BCUT2D eigenvalue weighted by Crippen LogP contribution is -2.59. The van der Waals surface area contributed by atoms with Gasteiger partial charge in [-0.3, -0.25) is 28.2 Å². The number of hydrogen-bond donors (Lipinski definition) is 8. The molecule has 2 aliphatic heterocycles. The number of H-pyrrole nitrogens is 1. The Hall–Kier alpha value is -2.65. The minimum atomic E-state index is -5.66. The number of aliphatic hydroxyl groups excluding tert-OH is 5. The number of phosphoric acid groups is 2. The number of rotatable bonds is 12. The standard InChI is InChI=1S/C22H28N2O18P2/c25-7-10-1-3-11(4-2-10)37-8-12-15(27)17(29)19(31)21(40-12)41-44(35,36)42-43(33,34)38-9-13-16(28)18(30)20(39-13)24-6-5-14(26)23-22(24)32/h1-7,12-13,15-21,27-31H,8-9H2,(H,33,34)(H,35,36)(H,23,26,32)/t12-,13-,15+,16-,17+,18-,19-,20-,21?/m1/s1. The lowest BCUT2D eigenvalue weighted by molar-refractivity contribution is -0.279. The van der Waals surface area contributed by atoms with Crippen molar-refractivity contribution in [1.82, 2.24) is 9.55 Å². The zero-order valence-corrected chi connectivity index (χ0v) is 23.9. The van der Waals surface area contributed by atoms with Gasteiger partial charge in [-0.05, 0) is 24.3 Å². The SMILES string of the molecule is O=Cc1ccc(OC[C@H]2OC(OP(=O)(O)OP(=O)(O)OC[C@H]3O[C@@H](n4ccc(=O)[nH]c4=O)[C@H](O)[C@@H]3O)[C@H](O)[C@@H](O)[C@H]2O)cc1. The number of carbonyl (C=O) groups is 1. The van der Waals surface area contributed by atoms with Crippen LogP contribution in [0.1, 0.15) is 16.6 Å². The van der Waals surface area contributed by atoms with Crippen molar-refractivity contribution in [2.75, 3.05) is 13.2 Å². The number of carbonyl (C=O) groups excluding carboxylic acids is 1. The number of hydrogen-bond acceptors (Lipinski definition) is 16. The number of nitrogens with one attached hydrogen (secondary N) is 1. The van der Waals surface area contributed by atoms with Crippen molar-refractivity contribution in [2.24, 2.45) is 0 Å². The number of aromatic amines is 1. The highest BCUT2D eigenvalue weighted by Gasteiger charge is 2.50. The maximum atomic E-state index is 12.5. The number of benzene rings is 1. The average Bonchev–Trinajstić information content (AvgIpc) is 3.24. The van der Waals surface area contributed by atoms with Gasteiger partial charge in [0.25, 0.3) is 5.56 Å². The summed E-state index contributed by atoms with van der Waals surface area (Å²) in [6.45, 7) is -1.54. The van der Waals surface area contributed by atoms with Gasteiger partial charge in [0.1, 0.15) is 61.4 Å². The van der Waals surface area contributed by atoms with E-state index in [1.807, 2.05) is 4.98 Å². The first-order valence-electron chi connectivity index (χ1n) is 12.5. The van der Waals surface area contributed by atoms with E-state index in [2.05, 4.69) is 13.4 Å². The van der Waals surface area contributed by atoms with Crippen molar-refractivity contribution in [3.63, 3.8) is 0 Å². The summed E-state index contributed by atoms with van der Waals surface area (Å²) in [7, 11) is -11.2. The summed E-state index contributed by atoms with van der Waals surface area (Å²) < 4.78 is 54.9. The molecule has 1 aromatic heterocycles. The number of ether oxygens (including phenoxy) is 3. The third-order valence-electron chi connectivity index (χ3n) is 6.41. The van der Waals surface area contributed by atoms with Crippen LogP contribution in [-0.4, -0.2) is 113 Å². The lowest BCUT2D eigenvalue weighted by atomic mass is 9.99. The molecule has 3 heterocycles. The third kappa shape index (κ3) is 8.13. The fourth-order valence-electron chi connectivity index (χ4n) is 4.16. The molecule has 22 heteroatoms. The molecule has 4 rings (SSSR count). The van der Waals surface area contributed by atoms with Crippen molar-refractivity contribution < 1.29 is 76.8 Å². The fourth-order valence-corrected chi connectivity index (χ4v) is 6.32. The molecule has 0 spiro atoms. The van der Waals surface area contributed by atoms with E-state index < -0.39 is 95.4 Å². The fraction of sp³-hybridized carbons (Fsp3) is 0.500. The van der Waals surface area contributed by atoms with Crippen molar-refractivity contribution >= 4 is 21.9 Å². The zero-order valence-electron chi connectivity index (χ0n) is 22.1. The topological polar surface area (TPSA) is 303 Å². The maximum Gasteiger partial charge on any atom is 0.483 e. The number of nitrogens with zero attached hydrogens (tertiary/aromatic N) is 1. The molecule has 0 aliphatic carbocycles. The van der Waals surface area contributed by atoms with E-state index in [0.29, 0.717) is 11.8 Å². The average molecular weight is 670 g/mol. The normalized spacial score (nSPS) is 33.3. The molecule has 2 aromatic rings. The number of aliphatic hydroxyl groups is 5. The van der Waals surface area contributed by atoms with Crippen LogP contribution >= 0.6 is 15.6 Å². The summed E-state index contributed by atoms with van der Waals surface area (Å²) in [4.78, 5) is 56.0. The van der Waals surface area contributed by atoms with Gasteiger partial charge in [-0.2, -0.15) is 4.31 Å². The molecular weight excluding hydrogens is 642 g/mol. The second kappa shape index (κ2) is 13.8. The summed E-state index contributed by atoms with van der Waals surface area (Å²) in [5, 5.41) is 51.1. The molecule has 0 bridgehead atoms. The van der Waals surface area contributed by atoms with E-state index in [9.17, 15) is 58.8 Å². The highest BCUT2D eigenvalue weighted by molar-refractivity contribution is 7.61. The van der Waals surface area contributed by atoms with Gasteiger partial charge in [0.15, 0.2) is 12.5 Å². The first-order valence-corrected chi connectivity index (χ1v) is 15.5. The van der Waals surface area contributed by atoms with Crippen LogP contribution in [0.15, 0.2) is 46.1 Å². The van der Waals surface area contributed by atoms with E-state index in [1.165, 1.54) is 24.3 Å². The third-order valence-corrected chi connectivity index (χ3v) is 9.01. The molecule has 11 atom stereocenters. The Bertz CT molecular complexity index is 1520. The minimum Gasteiger partial charge on any atom is -0.491 e. The number of aromatic nitrogens is 2. The predicted molar refractivity (Wildman–Crippen MR) is 139 cm³/mol. The molecule has 1 aromatic carbocycles. The summed E-state index contributed by atoms with van der Waals surface area (Å²) >= 11 is 0. The van der Waals surface area contributed by atoms with Crippen LogP contribution in [0.3, 0.4) is 0 Å². The molecule has 2 saturated heterocycles. The first kappa shape index (κ1) is 34.2. The van der Waals surface area contributed by atoms with E-state index in [0.717, 1.165) is 16.8 Å². The van der Waals surface area contributed by atoms with Gasteiger partial charge >= 0.3 is 21.3 Å². The van der Waals surface area contributed by atoms with Crippen molar-refractivity contribution in [3.8, 4) is 5.75 Å². The smallest absolute Gasteiger partial charge is 0.483 e. The second-order valence-electron chi connectivity index (χ2n) is 9.50. The van der Waals surface area contributed by atoms with Gasteiger partial charge in [0.05, 0.1) is 6.61 Å². The lowest BCUT2D eigenvalue weighted by Gasteiger charge is -2.40. The van der Waals surface area contributed by atoms with Gasteiger partial charge in [0.2, 0.25) is 0 Å². The number of aldehydes is 1. The van der Waals surface area contributed by atoms with Crippen LogP contribution in [-0.2, 0) is 32.0 Å². The second-order valence-corrected chi connectivity index (χ2v) is 12.5. The zero-order chi connectivity index (χ0) is 32.4. The minimum absolute atomic E-state index is 0.208. The van der Waals surface area contributed by atoms with Crippen LogP contribution in [0.25, 0.3) is 0 Å². The van der Waals surface area contributed by atoms with Crippen molar-refractivity contribution in [2.45, 2.75) is 55.2 Å². The molecule has 0 amide bonds. The molecule has 8 N–H and O–H groups in total. The molecule has 0 radical (unpaired) electrons. The van der Waals surface area contributed by atoms with Gasteiger partial charge in [-0.25, -0.2) is 13.9 Å². The van der Waals surface area contributed by atoms with E-state index in [-0.39, 0.29) is 5.75 Å². The van der Waals surface area contributed by atoms with Crippen LogP contribution in [0.2, 0.25) is 0 Å². The summed E-state index contributed by atoms with van der Waals surface area (Å²) in [5.41, 5.74) is -1.41. The van der Waals surface area contributed by atoms with Gasteiger partial charge in [-0.1, -0.05) is 0 Å². The predicted octanol–water partition coefficient (Wildman–Crippen LogP) is -2.89. The van der Waals surface area contributed by atoms with E-state index >= 15 is 0 Å². The monoisotopic (exact) mass is 670 g/mol. The highest BCUT2D eigenvalue weighted by Crippen LogP contribution is 2.61. The summed E-state index contributed by atoms with van der Waals surface area (Å²) in [6, 6.07) is 6.60. The molecule has 2 aliphatic rings. The Morgan fingerprint density at radius 1 is 0.841 bits per heavy atom. The van der Waals surface area contributed by atoms with E-state index in [1.54, 1.807) is 0 Å². The van der Waals surface area contributed by atoms with Crippen LogP contribution in [0, 0.1) is 0 Å². The van der Waals surface area contributed by atoms with Crippen LogP contribution in [0.5, 0.6) is 5.75 Å². The molecule has 20 nitrogen and oxygen atoms in total. The Kier molecular flexibility index (Phi) is 10.7. The van der Waals surface area contributed by atoms with Crippen molar-refractivity contribution in [3.05, 3.63) is 62.9 Å². The Morgan fingerprint density at radius 2 is 1.48 bits per heavy atom. The maximum absolute atomic E-state index is 12.5. The number of phosphoric ester groups is 2. The van der Waals surface area contributed by atoms with Crippen LogP contribution in [0.4, 0.5) is 0 Å². The Morgan fingerprint density at radius 3 is 2.11 bits per heavy atom. The Balaban J connectivity index is 1.34. The largest absolute Gasteiger partial charge is 0.491 e.